The molecule has 1 saturated heterocycles. The van der Waals surface area contributed by atoms with Gasteiger partial charge < -0.3 is 19.5 Å². The standard InChI is InChI=1S/C21H25N5O4S/c22-31(28,29)16-6-7-19(25-10-12-30-13-11-25)17(14-16)21(27)23-8-3-9-26-15-24-18-4-1-2-5-20(18)26/h1-2,4-7,14-15H,3,8-13H2,(H,23,27)(H2,22,28,29). The molecule has 2 heterocycles. The van der Waals surface area contributed by atoms with Crippen molar-refractivity contribution in [3.8, 4) is 0 Å². The Morgan fingerprint density at radius 1 is 1.16 bits per heavy atom. The molecule has 0 saturated carbocycles. The van der Waals surface area contributed by atoms with E-state index in [2.05, 4.69) is 10.3 Å². The first-order valence-electron chi connectivity index (χ1n) is 10.1. The fraction of sp³-hybridized carbons (Fsp3) is 0.333. The first-order chi connectivity index (χ1) is 14.9. The number of imidazole rings is 1. The van der Waals surface area contributed by atoms with Crippen LogP contribution in [-0.4, -0.2) is 56.7 Å². The van der Waals surface area contributed by atoms with E-state index in [9.17, 15) is 13.2 Å². The van der Waals surface area contributed by atoms with Gasteiger partial charge in [-0.3, -0.25) is 4.79 Å². The molecule has 4 rings (SSSR count). The Balaban J connectivity index is 1.46. The second-order valence-corrected chi connectivity index (χ2v) is 8.92. The number of benzene rings is 2. The molecule has 164 valence electrons. The van der Waals surface area contributed by atoms with Gasteiger partial charge in [0, 0.05) is 31.9 Å². The van der Waals surface area contributed by atoms with Crippen LogP contribution in [0.4, 0.5) is 5.69 Å². The van der Waals surface area contributed by atoms with E-state index in [0.29, 0.717) is 57.1 Å². The predicted molar refractivity (Wildman–Crippen MR) is 118 cm³/mol. The van der Waals surface area contributed by atoms with Gasteiger partial charge in [-0.25, -0.2) is 18.5 Å². The summed E-state index contributed by atoms with van der Waals surface area (Å²) in [5.74, 6) is -0.331. The fourth-order valence-electron chi connectivity index (χ4n) is 3.69. The van der Waals surface area contributed by atoms with Crippen molar-refractivity contribution in [1.82, 2.24) is 14.9 Å². The molecule has 0 bridgehead atoms. The van der Waals surface area contributed by atoms with Crippen molar-refractivity contribution < 1.29 is 17.9 Å². The number of hydrogen-bond acceptors (Lipinski definition) is 6. The number of morpholine rings is 1. The second-order valence-electron chi connectivity index (χ2n) is 7.36. The molecule has 0 aliphatic carbocycles. The molecule has 1 fully saturated rings. The zero-order valence-electron chi connectivity index (χ0n) is 17.0. The number of nitrogens with one attached hydrogen (secondary N) is 1. The van der Waals surface area contributed by atoms with Gasteiger partial charge in [-0.05, 0) is 36.8 Å². The summed E-state index contributed by atoms with van der Waals surface area (Å²) in [6.07, 6.45) is 2.49. The summed E-state index contributed by atoms with van der Waals surface area (Å²) in [5.41, 5.74) is 2.95. The third-order valence-electron chi connectivity index (χ3n) is 5.28. The Morgan fingerprint density at radius 3 is 2.71 bits per heavy atom. The first kappa shape index (κ1) is 21.3. The van der Waals surface area contributed by atoms with Crippen molar-refractivity contribution in [2.75, 3.05) is 37.7 Å². The SMILES string of the molecule is NS(=O)(=O)c1ccc(N2CCOCC2)c(C(=O)NCCCn2cnc3ccccc32)c1. The Bertz CT molecular complexity index is 1190. The molecule has 0 unspecified atom stereocenters. The first-order valence-corrected chi connectivity index (χ1v) is 11.7. The van der Waals surface area contributed by atoms with Gasteiger partial charge in [0.05, 0.1) is 41.0 Å². The number of hydrogen-bond donors (Lipinski definition) is 2. The van der Waals surface area contributed by atoms with Crippen LogP contribution in [0.15, 0.2) is 53.7 Å². The lowest BCUT2D eigenvalue weighted by atomic mass is 10.1. The average Bonchev–Trinajstić information content (AvgIpc) is 3.19. The van der Waals surface area contributed by atoms with Crippen LogP contribution in [0.2, 0.25) is 0 Å². The Morgan fingerprint density at radius 2 is 1.94 bits per heavy atom. The van der Waals surface area contributed by atoms with Crippen molar-refractivity contribution in [3.05, 3.63) is 54.4 Å². The molecule has 1 aliphatic rings. The van der Waals surface area contributed by atoms with E-state index in [0.717, 1.165) is 11.0 Å². The van der Waals surface area contributed by atoms with Crippen LogP contribution >= 0.6 is 0 Å². The summed E-state index contributed by atoms with van der Waals surface area (Å²) >= 11 is 0. The number of amides is 1. The van der Waals surface area contributed by atoms with E-state index in [1.165, 1.54) is 12.1 Å². The third kappa shape index (κ3) is 4.87. The lowest BCUT2D eigenvalue weighted by molar-refractivity contribution is 0.0951. The van der Waals surface area contributed by atoms with Gasteiger partial charge >= 0.3 is 0 Å². The van der Waals surface area contributed by atoms with Gasteiger partial charge in [0.1, 0.15) is 0 Å². The van der Waals surface area contributed by atoms with Gasteiger partial charge in [-0.15, -0.1) is 0 Å². The Kier molecular flexibility index (Phi) is 6.21. The number of primary sulfonamides is 1. The van der Waals surface area contributed by atoms with Crippen LogP contribution in [0.1, 0.15) is 16.8 Å². The summed E-state index contributed by atoms with van der Waals surface area (Å²) < 4.78 is 31.0. The van der Waals surface area contributed by atoms with E-state index in [1.54, 1.807) is 12.4 Å². The molecule has 2 aromatic carbocycles. The van der Waals surface area contributed by atoms with Crippen LogP contribution in [0.5, 0.6) is 0 Å². The number of anilines is 1. The quantitative estimate of drug-likeness (QED) is 0.532. The minimum absolute atomic E-state index is 0.0838. The molecule has 0 spiro atoms. The number of aryl methyl sites for hydroxylation is 1. The largest absolute Gasteiger partial charge is 0.378 e. The van der Waals surface area contributed by atoms with E-state index in [4.69, 9.17) is 9.88 Å². The Labute approximate surface area is 180 Å². The maximum absolute atomic E-state index is 12.9. The molecule has 31 heavy (non-hydrogen) atoms. The van der Waals surface area contributed by atoms with Crippen LogP contribution in [-0.2, 0) is 21.3 Å². The van der Waals surface area contributed by atoms with E-state index >= 15 is 0 Å². The molecule has 1 amide bonds. The van der Waals surface area contributed by atoms with Gasteiger partial charge in [0.25, 0.3) is 5.91 Å². The molecule has 9 nitrogen and oxygen atoms in total. The number of carbonyl (C=O) groups excluding carboxylic acids is 1. The summed E-state index contributed by atoms with van der Waals surface area (Å²) in [5, 5.41) is 8.18. The maximum Gasteiger partial charge on any atom is 0.253 e. The molecule has 3 N–H and O–H groups in total. The normalized spacial score (nSPS) is 14.7. The van der Waals surface area contributed by atoms with E-state index in [1.807, 2.05) is 33.7 Å². The number of carbonyl (C=O) groups is 1. The van der Waals surface area contributed by atoms with Crippen molar-refractivity contribution in [1.29, 1.82) is 0 Å². The molecule has 1 aromatic heterocycles. The lowest BCUT2D eigenvalue weighted by Gasteiger charge is -2.30. The van der Waals surface area contributed by atoms with Gasteiger partial charge in [0.15, 0.2) is 0 Å². The zero-order chi connectivity index (χ0) is 21.8. The molecular formula is C21H25N5O4S. The van der Waals surface area contributed by atoms with Crippen molar-refractivity contribution in [2.24, 2.45) is 5.14 Å². The topological polar surface area (TPSA) is 120 Å². The molecule has 0 atom stereocenters. The fourth-order valence-corrected chi connectivity index (χ4v) is 4.23. The average molecular weight is 444 g/mol. The number of para-hydroxylation sites is 2. The molecule has 1 aliphatic heterocycles. The highest BCUT2D eigenvalue weighted by Crippen LogP contribution is 2.25. The number of fused-ring (bicyclic) bond motifs is 1. The smallest absolute Gasteiger partial charge is 0.253 e. The van der Waals surface area contributed by atoms with Crippen molar-refractivity contribution in [3.63, 3.8) is 0 Å². The van der Waals surface area contributed by atoms with Gasteiger partial charge in [-0.1, -0.05) is 12.1 Å². The van der Waals surface area contributed by atoms with Crippen LogP contribution < -0.4 is 15.4 Å². The predicted octanol–water partition coefficient (Wildman–Crippen LogP) is 1.34. The summed E-state index contributed by atoms with van der Waals surface area (Å²) in [7, 11) is -3.92. The highest BCUT2D eigenvalue weighted by molar-refractivity contribution is 7.89. The maximum atomic E-state index is 12.9. The second kappa shape index (κ2) is 9.04. The monoisotopic (exact) mass is 443 g/mol. The minimum atomic E-state index is -3.92. The van der Waals surface area contributed by atoms with Crippen LogP contribution in [0, 0.1) is 0 Å². The Hall–Kier alpha value is -2.95. The van der Waals surface area contributed by atoms with Crippen LogP contribution in [0.3, 0.4) is 0 Å². The van der Waals surface area contributed by atoms with Gasteiger partial charge in [-0.2, -0.15) is 0 Å². The number of sulfonamides is 1. The number of aromatic nitrogens is 2. The van der Waals surface area contributed by atoms with Gasteiger partial charge in [0.2, 0.25) is 10.0 Å². The van der Waals surface area contributed by atoms with Crippen LogP contribution in [0.25, 0.3) is 11.0 Å². The number of rotatable bonds is 7. The third-order valence-corrected chi connectivity index (χ3v) is 6.19. The molecule has 0 radical (unpaired) electrons. The summed E-state index contributed by atoms with van der Waals surface area (Å²) in [4.78, 5) is 19.2. The number of nitrogens with two attached hydrogens (primary N) is 1. The highest BCUT2D eigenvalue weighted by atomic mass is 32.2. The highest BCUT2D eigenvalue weighted by Gasteiger charge is 2.21. The minimum Gasteiger partial charge on any atom is -0.378 e. The number of nitrogens with zero attached hydrogens (tertiary/aromatic N) is 3. The van der Waals surface area contributed by atoms with Crippen molar-refractivity contribution in [2.45, 2.75) is 17.9 Å². The van der Waals surface area contributed by atoms with E-state index < -0.39 is 10.0 Å². The molecular weight excluding hydrogens is 418 g/mol. The zero-order valence-corrected chi connectivity index (χ0v) is 17.8. The summed E-state index contributed by atoms with van der Waals surface area (Å²) in [6.45, 7) is 3.50. The molecule has 3 aromatic rings. The number of ether oxygens (including phenoxy) is 1. The van der Waals surface area contributed by atoms with E-state index in [-0.39, 0.29) is 10.8 Å². The summed E-state index contributed by atoms with van der Waals surface area (Å²) in [6, 6.07) is 12.3. The lowest BCUT2D eigenvalue weighted by Crippen LogP contribution is -2.38. The van der Waals surface area contributed by atoms with Crippen molar-refractivity contribution >= 4 is 32.7 Å². The molecule has 10 heteroatoms.